The monoisotopic (exact) mass is 222 g/mol. The maximum atomic E-state index is 11.9. The summed E-state index contributed by atoms with van der Waals surface area (Å²) in [7, 11) is 1.55. The van der Waals surface area contributed by atoms with E-state index >= 15 is 0 Å². The van der Waals surface area contributed by atoms with Crippen LogP contribution in [0.2, 0.25) is 0 Å². The van der Waals surface area contributed by atoms with Crippen LogP contribution in [0.15, 0.2) is 18.3 Å². The number of ether oxygens (including phenoxy) is 1. The highest BCUT2D eigenvalue weighted by atomic mass is 16.5. The molecule has 88 valence electrons. The van der Waals surface area contributed by atoms with Crippen LogP contribution in [0.3, 0.4) is 0 Å². The van der Waals surface area contributed by atoms with Crippen LogP contribution in [0, 0.1) is 5.92 Å². The van der Waals surface area contributed by atoms with E-state index in [1.807, 2.05) is 19.9 Å². The van der Waals surface area contributed by atoms with Gasteiger partial charge in [-0.1, -0.05) is 19.9 Å². The van der Waals surface area contributed by atoms with Gasteiger partial charge in [0.15, 0.2) is 5.78 Å². The summed E-state index contributed by atoms with van der Waals surface area (Å²) in [6, 6.07) is 3.59. The zero-order valence-corrected chi connectivity index (χ0v) is 9.93. The van der Waals surface area contributed by atoms with Gasteiger partial charge in [-0.25, -0.2) is 4.98 Å². The second-order valence-electron chi connectivity index (χ2n) is 4.09. The van der Waals surface area contributed by atoms with E-state index in [4.69, 9.17) is 10.5 Å². The summed E-state index contributed by atoms with van der Waals surface area (Å²) in [6.07, 6.45) is 1.51. The zero-order valence-electron chi connectivity index (χ0n) is 9.93. The maximum absolute atomic E-state index is 11.9. The molecule has 1 unspecified atom stereocenters. The minimum atomic E-state index is -0.375. The number of hydrogen-bond acceptors (Lipinski definition) is 4. The van der Waals surface area contributed by atoms with Crippen molar-refractivity contribution >= 4 is 11.6 Å². The molecular weight excluding hydrogens is 204 g/mol. The molecule has 0 spiro atoms. The molecule has 16 heavy (non-hydrogen) atoms. The molecule has 0 aliphatic carbocycles. The van der Waals surface area contributed by atoms with Gasteiger partial charge in [-0.3, -0.25) is 4.79 Å². The number of carbonyl (C=O) groups is 1. The van der Waals surface area contributed by atoms with Crippen molar-refractivity contribution in [1.82, 2.24) is 4.98 Å². The molecule has 0 amide bonds. The Hall–Kier alpha value is -1.42. The summed E-state index contributed by atoms with van der Waals surface area (Å²) in [5.41, 5.74) is 6.44. The van der Waals surface area contributed by atoms with Gasteiger partial charge in [-0.2, -0.15) is 0 Å². The standard InChI is InChI=1S/C12H18N2O2/c1-8(2)11(16-3)10(15)7-9-5-4-6-14-12(9)13/h4-6,8,11H,7H2,1-3H3,(H2,13,14). The van der Waals surface area contributed by atoms with Crippen molar-refractivity contribution < 1.29 is 9.53 Å². The molecule has 1 rings (SSSR count). The van der Waals surface area contributed by atoms with E-state index in [9.17, 15) is 4.79 Å². The fraction of sp³-hybridized carbons (Fsp3) is 0.500. The number of Topliss-reactive ketones (excluding diaryl/α,β-unsaturated/α-hetero) is 1. The molecule has 1 aromatic heterocycles. The Bertz CT molecular complexity index is 364. The Labute approximate surface area is 95.8 Å². The lowest BCUT2D eigenvalue weighted by Crippen LogP contribution is -2.30. The van der Waals surface area contributed by atoms with Gasteiger partial charge < -0.3 is 10.5 Å². The third kappa shape index (κ3) is 3.03. The Morgan fingerprint density at radius 1 is 1.56 bits per heavy atom. The fourth-order valence-corrected chi connectivity index (χ4v) is 1.66. The molecule has 0 aliphatic rings. The van der Waals surface area contributed by atoms with Gasteiger partial charge in [0, 0.05) is 25.3 Å². The van der Waals surface area contributed by atoms with Crippen LogP contribution in [0.4, 0.5) is 5.82 Å². The molecule has 0 fully saturated rings. The first-order valence-electron chi connectivity index (χ1n) is 5.31. The van der Waals surface area contributed by atoms with Crippen molar-refractivity contribution in [3.05, 3.63) is 23.9 Å². The van der Waals surface area contributed by atoms with Gasteiger partial charge in [0.1, 0.15) is 11.9 Å². The minimum Gasteiger partial charge on any atom is -0.383 e. The van der Waals surface area contributed by atoms with Crippen LogP contribution in [0.1, 0.15) is 19.4 Å². The summed E-state index contributed by atoms with van der Waals surface area (Å²) < 4.78 is 5.17. The number of rotatable bonds is 5. The van der Waals surface area contributed by atoms with E-state index in [1.165, 1.54) is 0 Å². The molecule has 0 aliphatic heterocycles. The second kappa shape index (κ2) is 5.61. The van der Waals surface area contributed by atoms with Crippen molar-refractivity contribution in [2.24, 2.45) is 5.92 Å². The number of methoxy groups -OCH3 is 1. The number of nitrogen functional groups attached to an aromatic ring is 1. The van der Waals surface area contributed by atoms with Gasteiger partial charge >= 0.3 is 0 Å². The number of carbonyl (C=O) groups excluding carboxylic acids is 1. The lowest BCUT2D eigenvalue weighted by Gasteiger charge is -2.17. The molecule has 0 saturated carbocycles. The minimum absolute atomic E-state index is 0.0391. The first-order chi connectivity index (χ1) is 7.56. The van der Waals surface area contributed by atoms with Gasteiger partial charge in [0.05, 0.1) is 0 Å². The largest absolute Gasteiger partial charge is 0.383 e. The van der Waals surface area contributed by atoms with E-state index in [1.54, 1.807) is 19.4 Å². The maximum Gasteiger partial charge on any atom is 0.166 e. The number of ketones is 1. The normalized spacial score (nSPS) is 12.8. The molecule has 0 aromatic carbocycles. The summed E-state index contributed by atoms with van der Waals surface area (Å²) in [5.74, 6) is 0.613. The highest BCUT2D eigenvalue weighted by molar-refractivity contribution is 5.86. The average molecular weight is 222 g/mol. The number of nitrogens with zero attached hydrogens (tertiary/aromatic N) is 1. The molecular formula is C12H18N2O2. The number of pyridine rings is 1. The van der Waals surface area contributed by atoms with Crippen molar-refractivity contribution in [1.29, 1.82) is 0 Å². The van der Waals surface area contributed by atoms with E-state index in [2.05, 4.69) is 4.98 Å². The number of aromatic nitrogens is 1. The van der Waals surface area contributed by atoms with Crippen molar-refractivity contribution in [2.75, 3.05) is 12.8 Å². The molecule has 0 bridgehead atoms. The van der Waals surface area contributed by atoms with Crippen LogP contribution in [-0.2, 0) is 16.0 Å². The quantitative estimate of drug-likeness (QED) is 0.818. The molecule has 0 radical (unpaired) electrons. The topological polar surface area (TPSA) is 65.2 Å². The lowest BCUT2D eigenvalue weighted by atomic mass is 9.98. The third-order valence-electron chi connectivity index (χ3n) is 2.47. The van der Waals surface area contributed by atoms with E-state index in [0.29, 0.717) is 5.82 Å². The predicted octanol–water partition coefficient (Wildman–Crippen LogP) is 1.45. The number of nitrogens with two attached hydrogens (primary N) is 1. The Morgan fingerprint density at radius 2 is 2.25 bits per heavy atom. The van der Waals surface area contributed by atoms with Gasteiger partial charge in [-0.05, 0) is 12.0 Å². The smallest absolute Gasteiger partial charge is 0.166 e. The van der Waals surface area contributed by atoms with E-state index < -0.39 is 0 Å². The molecule has 2 N–H and O–H groups in total. The molecule has 4 heteroatoms. The first kappa shape index (κ1) is 12.6. The summed E-state index contributed by atoms with van der Waals surface area (Å²) in [4.78, 5) is 15.9. The third-order valence-corrected chi connectivity index (χ3v) is 2.47. The molecule has 0 saturated heterocycles. The summed E-state index contributed by atoms with van der Waals surface area (Å²) >= 11 is 0. The summed E-state index contributed by atoms with van der Waals surface area (Å²) in [5, 5.41) is 0. The van der Waals surface area contributed by atoms with E-state index in [0.717, 1.165) is 5.56 Å². The summed E-state index contributed by atoms with van der Waals surface area (Å²) in [6.45, 7) is 3.91. The molecule has 4 nitrogen and oxygen atoms in total. The Kier molecular flexibility index (Phi) is 4.43. The van der Waals surface area contributed by atoms with Crippen LogP contribution in [-0.4, -0.2) is 24.0 Å². The molecule has 1 aromatic rings. The Morgan fingerprint density at radius 3 is 2.75 bits per heavy atom. The Balaban J connectivity index is 2.74. The highest BCUT2D eigenvalue weighted by Crippen LogP contribution is 2.13. The van der Waals surface area contributed by atoms with Crippen LogP contribution in [0.5, 0.6) is 0 Å². The fourth-order valence-electron chi connectivity index (χ4n) is 1.66. The second-order valence-corrected chi connectivity index (χ2v) is 4.09. The van der Waals surface area contributed by atoms with Gasteiger partial charge in [0.2, 0.25) is 0 Å². The van der Waals surface area contributed by atoms with Gasteiger partial charge in [0.25, 0.3) is 0 Å². The average Bonchev–Trinajstić information content (AvgIpc) is 2.22. The van der Waals surface area contributed by atoms with Crippen LogP contribution >= 0.6 is 0 Å². The van der Waals surface area contributed by atoms with Crippen LogP contribution < -0.4 is 5.73 Å². The highest BCUT2D eigenvalue weighted by Gasteiger charge is 2.22. The van der Waals surface area contributed by atoms with Crippen molar-refractivity contribution in [3.8, 4) is 0 Å². The van der Waals surface area contributed by atoms with Gasteiger partial charge in [-0.15, -0.1) is 0 Å². The zero-order chi connectivity index (χ0) is 12.1. The predicted molar refractivity (Wildman–Crippen MR) is 63.0 cm³/mol. The van der Waals surface area contributed by atoms with Crippen molar-refractivity contribution in [3.63, 3.8) is 0 Å². The first-order valence-corrected chi connectivity index (χ1v) is 5.31. The number of anilines is 1. The van der Waals surface area contributed by atoms with E-state index in [-0.39, 0.29) is 24.2 Å². The lowest BCUT2D eigenvalue weighted by molar-refractivity contribution is -0.130. The molecule has 1 atom stereocenters. The van der Waals surface area contributed by atoms with Crippen molar-refractivity contribution in [2.45, 2.75) is 26.4 Å². The number of hydrogen-bond donors (Lipinski definition) is 1. The molecule has 1 heterocycles. The SMILES string of the molecule is COC(C(=O)Cc1cccnc1N)C(C)C. The van der Waals surface area contributed by atoms with Crippen LogP contribution in [0.25, 0.3) is 0 Å².